The smallest absolute Gasteiger partial charge is 0.268 e. The number of aromatic nitrogens is 1. The Bertz CT molecular complexity index is 973. The maximum Gasteiger partial charge on any atom is 0.268 e. The topological polar surface area (TPSA) is 80.2 Å². The van der Waals surface area contributed by atoms with Gasteiger partial charge in [-0.15, -0.1) is 0 Å². The number of nitrogens with zero attached hydrogens (tertiary/aromatic N) is 1. The normalized spacial score (nSPS) is 10.6. The zero-order valence-corrected chi connectivity index (χ0v) is 14.4. The fourth-order valence-corrected chi connectivity index (χ4v) is 3.43. The van der Waals surface area contributed by atoms with E-state index in [4.69, 9.17) is 0 Å². The van der Waals surface area contributed by atoms with E-state index in [0.717, 1.165) is 4.70 Å². The lowest BCUT2D eigenvalue weighted by molar-refractivity contribution is -0.116. The summed E-state index contributed by atoms with van der Waals surface area (Å²) in [6.45, 7) is 1.78. The zero-order valence-electron chi connectivity index (χ0n) is 13.6. The van der Waals surface area contributed by atoms with Crippen LogP contribution in [0.15, 0.2) is 53.3 Å². The van der Waals surface area contributed by atoms with Crippen LogP contribution in [0, 0.1) is 0 Å². The summed E-state index contributed by atoms with van der Waals surface area (Å²) in [6.07, 6.45) is 0.209. The third-order valence-corrected chi connectivity index (χ3v) is 4.70. The Hall–Kier alpha value is -2.93. The Balaban J connectivity index is 1.59. The molecule has 1 heterocycles. The minimum Gasteiger partial charge on any atom is -0.326 e. The molecule has 2 amide bonds. The van der Waals surface area contributed by atoms with Crippen LogP contribution in [-0.2, 0) is 16.1 Å². The highest BCUT2D eigenvalue weighted by atomic mass is 32.1. The Morgan fingerprint density at radius 1 is 1.00 bits per heavy atom. The summed E-state index contributed by atoms with van der Waals surface area (Å²) in [5, 5.41) is 6.13. The number of aryl methyl sites for hydroxylation is 1. The van der Waals surface area contributed by atoms with Crippen LogP contribution in [-0.4, -0.2) is 15.8 Å². The van der Waals surface area contributed by atoms with Crippen LogP contribution in [0.4, 0.5) is 11.4 Å². The average Bonchev–Trinajstić information content (AvgIpc) is 2.91. The fourth-order valence-electron chi connectivity index (χ4n) is 2.43. The number of amides is 2. The van der Waals surface area contributed by atoms with E-state index in [1.54, 1.807) is 34.3 Å². The summed E-state index contributed by atoms with van der Waals surface area (Å²) in [5.74, 6) is -0.317. The van der Waals surface area contributed by atoms with E-state index in [2.05, 4.69) is 10.6 Å². The number of hydrogen-bond acceptors (Lipinski definition) is 4. The van der Waals surface area contributed by atoms with Crippen molar-refractivity contribution in [3.63, 3.8) is 0 Å². The summed E-state index contributed by atoms with van der Waals surface area (Å²) >= 11 is 1.36. The van der Waals surface area contributed by atoms with Crippen LogP contribution >= 0.6 is 11.5 Å². The van der Waals surface area contributed by atoms with Gasteiger partial charge in [-0.05, 0) is 36.4 Å². The molecule has 0 aliphatic carbocycles. The number of fused-ring (bicyclic) bond motifs is 1. The zero-order chi connectivity index (χ0) is 17.8. The second-order valence-electron chi connectivity index (χ2n) is 5.55. The summed E-state index contributed by atoms with van der Waals surface area (Å²) in [7, 11) is 0. The highest BCUT2D eigenvalue weighted by Crippen LogP contribution is 2.17. The largest absolute Gasteiger partial charge is 0.326 e. The van der Waals surface area contributed by atoms with E-state index in [1.807, 2.05) is 18.2 Å². The number of nitrogens with one attached hydrogen (secondary N) is 2. The Morgan fingerprint density at radius 3 is 2.28 bits per heavy atom. The third kappa shape index (κ3) is 4.13. The molecular formula is C18H17N3O3S. The molecular weight excluding hydrogens is 338 g/mol. The lowest BCUT2D eigenvalue weighted by atomic mass is 10.2. The molecule has 0 saturated carbocycles. The summed E-state index contributed by atoms with van der Waals surface area (Å²) < 4.78 is 2.52. The number of benzene rings is 2. The molecule has 0 bridgehead atoms. The van der Waals surface area contributed by atoms with Crippen molar-refractivity contribution in [3.8, 4) is 0 Å². The van der Waals surface area contributed by atoms with Gasteiger partial charge in [-0.1, -0.05) is 23.7 Å². The molecule has 25 heavy (non-hydrogen) atoms. The number of hydrogen-bond donors (Lipinski definition) is 2. The lowest BCUT2D eigenvalue weighted by Gasteiger charge is -2.07. The molecule has 128 valence electrons. The molecule has 0 unspecified atom stereocenters. The van der Waals surface area contributed by atoms with Crippen molar-refractivity contribution in [3.05, 3.63) is 58.9 Å². The molecule has 6 nitrogen and oxygen atoms in total. The van der Waals surface area contributed by atoms with Gasteiger partial charge in [0.2, 0.25) is 11.8 Å². The quantitative estimate of drug-likeness (QED) is 0.738. The van der Waals surface area contributed by atoms with Crippen LogP contribution in [0.25, 0.3) is 10.1 Å². The molecule has 7 heteroatoms. The summed E-state index contributed by atoms with van der Waals surface area (Å²) in [4.78, 5) is 35.3. The predicted molar refractivity (Wildman–Crippen MR) is 100 cm³/mol. The first-order valence-electron chi connectivity index (χ1n) is 7.79. The molecule has 3 rings (SSSR count). The summed E-state index contributed by atoms with van der Waals surface area (Å²) in [5.41, 5.74) is 1.25. The van der Waals surface area contributed by atoms with Crippen molar-refractivity contribution in [2.75, 3.05) is 10.6 Å². The number of carbonyl (C=O) groups is 2. The van der Waals surface area contributed by atoms with Gasteiger partial charge in [0.05, 0.1) is 10.1 Å². The first-order chi connectivity index (χ1) is 12.0. The van der Waals surface area contributed by atoms with Crippen LogP contribution in [0.1, 0.15) is 13.3 Å². The number of anilines is 2. The van der Waals surface area contributed by atoms with Gasteiger partial charge < -0.3 is 10.6 Å². The van der Waals surface area contributed by atoms with Gasteiger partial charge in [-0.3, -0.25) is 18.3 Å². The fraction of sp³-hybridized carbons (Fsp3) is 0.167. The molecule has 2 N–H and O–H groups in total. The molecule has 0 fully saturated rings. The second kappa shape index (κ2) is 7.31. The lowest BCUT2D eigenvalue weighted by Crippen LogP contribution is -2.18. The Morgan fingerprint density at radius 2 is 1.64 bits per heavy atom. The molecule has 0 saturated heterocycles. The Kier molecular flexibility index (Phi) is 4.95. The van der Waals surface area contributed by atoms with Crippen LogP contribution < -0.4 is 16.2 Å². The highest BCUT2D eigenvalue weighted by Gasteiger charge is 2.09. The van der Waals surface area contributed by atoms with Crippen molar-refractivity contribution in [2.45, 2.75) is 19.9 Å². The van der Waals surface area contributed by atoms with Crippen LogP contribution in [0.3, 0.4) is 0 Å². The van der Waals surface area contributed by atoms with Gasteiger partial charge in [-0.25, -0.2) is 0 Å². The first-order valence-corrected chi connectivity index (χ1v) is 8.56. The number of carbonyl (C=O) groups excluding carboxylic acids is 2. The van der Waals surface area contributed by atoms with E-state index in [9.17, 15) is 14.4 Å². The second-order valence-corrected chi connectivity index (χ2v) is 6.61. The minimum atomic E-state index is -0.170. The van der Waals surface area contributed by atoms with E-state index in [0.29, 0.717) is 23.3 Å². The van der Waals surface area contributed by atoms with Crippen LogP contribution in [0.2, 0.25) is 0 Å². The van der Waals surface area contributed by atoms with Crippen molar-refractivity contribution in [1.82, 2.24) is 3.96 Å². The molecule has 0 aliphatic heterocycles. The van der Waals surface area contributed by atoms with E-state index in [1.165, 1.54) is 18.5 Å². The van der Waals surface area contributed by atoms with E-state index < -0.39 is 0 Å². The standard InChI is InChI=1S/C18H17N3O3S/c1-12(22)19-13-6-8-14(9-7-13)20-17(23)10-11-21-18(24)15-4-2-3-5-16(15)25-21/h2-9H,10-11H2,1H3,(H,19,22)(H,20,23). The molecule has 0 aliphatic rings. The van der Waals surface area contributed by atoms with Crippen molar-refractivity contribution in [2.24, 2.45) is 0 Å². The maximum atomic E-state index is 12.2. The average molecular weight is 355 g/mol. The highest BCUT2D eigenvalue weighted by molar-refractivity contribution is 7.13. The first kappa shape index (κ1) is 16.9. The van der Waals surface area contributed by atoms with E-state index in [-0.39, 0.29) is 23.8 Å². The van der Waals surface area contributed by atoms with Gasteiger partial charge in [-0.2, -0.15) is 0 Å². The van der Waals surface area contributed by atoms with Gasteiger partial charge >= 0.3 is 0 Å². The van der Waals surface area contributed by atoms with Crippen molar-refractivity contribution in [1.29, 1.82) is 0 Å². The van der Waals surface area contributed by atoms with Gasteiger partial charge in [0.25, 0.3) is 5.56 Å². The SMILES string of the molecule is CC(=O)Nc1ccc(NC(=O)CCn2sc3ccccc3c2=O)cc1. The minimum absolute atomic E-state index is 0.0620. The van der Waals surface area contributed by atoms with Gasteiger partial charge in [0.1, 0.15) is 0 Å². The molecule has 0 radical (unpaired) electrons. The van der Waals surface area contributed by atoms with Crippen molar-refractivity contribution < 1.29 is 9.59 Å². The molecule has 1 aromatic heterocycles. The molecule has 2 aromatic carbocycles. The molecule has 0 spiro atoms. The van der Waals surface area contributed by atoms with Gasteiger partial charge in [0.15, 0.2) is 0 Å². The van der Waals surface area contributed by atoms with Crippen LogP contribution in [0.5, 0.6) is 0 Å². The van der Waals surface area contributed by atoms with Gasteiger partial charge in [0, 0.05) is 31.3 Å². The summed E-state index contributed by atoms with van der Waals surface area (Å²) in [6, 6.07) is 14.3. The number of rotatable bonds is 5. The monoisotopic (exact) mass is 355 g/mol. The van der Waals surface area contributed by atoms with E-state index >= 15 is 0 Å². The maximum absolute atomic E-state index is 12.2. The molecule has 3 aromatic rings. The Labute approximate surface area is 148 Å². The predicted octanol–water partition coefficient (Wildman–Crippen LogP) is 3.05. The third-order valence-electron chi connectivity index (χ3n) is 3.58. The molecule has 0 atom stereocenters. The van der Waals surface area contributed by atoms with Crippen molar-refractivity contribution >= 4 is 44.8 Å².